The van der Waals surface area contributed by atoms with Gasteiger partial charge in [0.05, 0.1) is 6.61 Å². The number of aliphatic hydroxyl groups is 3. The number of phenols is 3. The standard InChI is InChI=1S/C20H18O10/c21-9-3-1-8(2-4-9)13-5-10(22)15-11(23)6-14(17(26)19(15)29-13)30-20-18(27)16(25)12(24)7-28-20/h1-6,12,16,18,20-21,23-27H,7H2/t12-,16+,18+,20-/m0/s1. The van der Waals surface area contributed by atoms with Gasteiger partial charge >= 0.3 is 0 Å². The summed E-state index contributed by atoms with van der Waals surface area (Å²) in [6.45, 7) is -0.330. The number of ether oxygens (including phenoxy) is 2. The molecule has 1 saturated heterocycles. The summed E-state index contributed by atoms with van der Waals surface area (Å²) in [6, 6.07) is 7.84. The van der Waals surface area contributed by atoms with Crippen molar-refractivity contribution in [3.63, 3.8) is 0 Å². The Morgan fingerprint density at radius 2 is 1.67 bits per heavy atom. The quantitative estimate of drug-likeness (QED) is 0.327. The van der Waals surface area contributed by atoms with Crippen molar-refractivity contribution in [3.05, 3.63) is 46.6 Å². The van der Waals surface area contributed by atoms with Gasteiger partial charge < -0.3 is 44.5 Å². The van der Waals surface area contributed by atoms with Crippen LogP contribution < -0.4 is 10.2 Å². The molecule has 4 rings (SSSR count). The maximum atomic E-state index is 12.5. The third kappa shape index (κ3) is 3.42. The summed E-state index contributed by atoms with van der Waals surface area (Å²) in [6.07, 6.45) is -5.96. The van der Waals surface area contributed by atoms with Crippen LogP contribution in [0.5, 0.6) is 23.0 Å². The second kappa shape index (κ2) is 7.50. The van der Waals surface area contributed by atoms with E-state index >= 15 is 0 Å². The Balaban J connectivity index is 1.78. The van der Waals surface area contributed by atoms with Gasteiger partial charge in [-0.3, -0.25) is 4.79 Å². The van der Waals surface area contributed by atoms with Crippen LogP contribution in [0.2, 0.25) is 0 Å². The maximum absolute atomic E-state index is 12.5. The molecule has 6 N–H and O–H groups in total. The van der Waals surface area contributed by atoms with Crippen molar-refractivity contribution < 1.29 is 44.5 Å². The van der Waals surface area contributed by atoms with Crippen LogP contribution in [0.4, 0.5) is 0 Å². The molecule has 0 unspecified atom stereocenters. The summed E-state index contributed by atoms with van der Waals surface area (Å²) in [5.41, 5.74) is -0.571. The summed E-state index contributed by atoms with van der Waals surface area (Å²) >= 11 is 0. The molecule has 0 amide bonds. The van der Waals surface area contributed by atoms with E-state index < -0.39 is 41.5 Å². The molecule has 1 aromatic heterocycles. The predicted molar refractivity (Wildman–Crippen MR) is 101 cm³/mol. The molecule has 30 heavy (non-hydrogen) atoms. The molecule has 1 aliphatic heterocycles. The fourth-order valence-electron chi connectivity index (χ4n) is 3.15. The number of aliphatic hydroxyl groups excluding tert-OH is 3. The lowest BCUT2D eigenvalue weighted by molar-refractivity contribution is -0.242. The zero-order valence-electron chi connectivity index (χ0n) is 15.3. The van der Waals surface area contributed by atoms with E-state index in [1.54, 1.807) is 0 Å². The Morgan fingerprint density at radius 3 is 2.37 bits per heavy atom. The SMILES string of the molecule is O=c1cc(-c2ccc(O)cc2)oc2c(O)c(O[C@@H]3OC[C@H](O)[C@@H](O)[C@H]3O)cc(O)c12. The predicted octanol–water partition coefficient (Wildman–Crippen LogP) is 0.395. The number of hydrogen-bond acceptors (Lipinski definition) is 10. The van der Waals surface area contributed by atoms with Crippen LogP contribution in [0.3, 0.4) is 0 Å². The summed E-state index contributed by atoms with van der Waals surface area (Å²) in [5.74, 6) is -1.49. The molecule has 0 saturated carbocycles. The van der Waals surface area contributed by atoms with Crippen molar-refractivity contribution in [3.8, 4) is 34.3 Å². The van der Waals surface area contributed by atoms with Crippen LogP contribution >= 0.6 is 0 Å². The molecule has 2 heterocycles. The Kier molecular flexibility index (Phi) is 5.00. The van der Waals surface area contributed by atoms with Gasteiger partial charge in [0.15, 0.2) is 16.8 Å². The third-order valence-corrected chi connectivity index (χ3v) is 4.77. The molecule has 3 aromatic rings. The van der Waals surface area contributed by atoms with Gasteiger partial charge in [0.1, 0.15) is 41.0 Å². The van der Waals surface area contributed by atoms with Crippen molar-refractivity contribution in [2.24, 2.45) is 0 Å². The zero-order valence-corrected chi connectivity index (χ0v) is 15.3. The number of rotatable bonds is 3. The molecule has 1 aliphatic rings. The maximum Gasteiger partial charge on any atom is 0.229 e. The van der Waals surface area contributed by atoms with Crippen LogP contribution in [-0.2, 0) is 4.74 Å². The van der Waals surface area contributed by atoms with Crippen LogP contribution in [0.1, 0.15) is 0 Å². The van der Waals surface area contributed by atoms with Crippen LogP contribution in [-0.4, -0.2) is 61.8 Å². The lowest BCUT2D eigenvalue weighted by Crippen LogP contribution is -2.54. The van der Waals surface area contributed by atoms with Gasteiger partial charge in [-0.25, -0.2) is 0 Å². The average molecular weight is 418 g/mol. The van der Waals surface area contributed by atoms with Gasteiger partial charge in [-0.1, -0.05) is 0 Å². The Morgan fingerprint density at radius 1 is 0.967 bits per heavy atom. The van der Waals surface area contributed by atoms with E-state index in [4.69, 9.17) is 13.9 Å². The smallest absolute Gasteiger partial charge is 0.229 e. The first-order chi connectivity index (χ1) is 14.3. The van der Waals surface area contributed by atoms with E-state index in [9.17, 15) is 35.4 Å². The van der Waals surface area contributed by atoms with Gasteiger partial charge in [0.25, 0.3) is 0 Å². The Bertz CT molecular complexity index is 1140. The van der Waals surface area contributed by atoms with Crippen molar-refractivity contribution >= 4 is 11.0 Å². The van der Waals surface area contributed by atoms with E-state index in [1.807, 2.05) is 0 Å². The van der Waals surface area contributed by atoms with E-state index in [0.717, 1.165) is 12.1 Å². The number of phenolic OH excluding ortho intramolecular Hbond substituents is 3. The Labute approximate surface area is 168 Å². The van der Waals surface area contributed by atoms with Crippen molar-refractivity contribution in [1.29, 1.82) is 0 Å². The van der Waals surface area contributed by atoms with Crippen LogP contribution in [0.25, 0.3) is 22.3 Å². The third-order valence-electron chi connectivity index (χ3n) is 4.77. The molecular weight excluding hydrogens is 400 g/mol. The zero-order chi connectivity index (χ0) is 21.6. The van der Waals surface area contributed by atoms with Gasteiger partial charge in [0.2, 0.25) is 12.0 Å². The highest BCUT2D eigenvalue weighted by Gasteiger charge is 2.39. The Hall–Kier alpha value is -3.31. The van der Waals surface area contributed by atoms with E-state index in [-0.39, 0.29) is 34.8 Å². The van der Waals surface area contributed by atoms with Crippen LogP contribution in [0, 0.1) is 0 Å². The first-order valence-corrected chi connectivity index (χ1v) is 8.91. The highest BCUT2D eigenvalue weighted by atomic mass is 16.7. The van der Waals surface area contributed by atoms with Crippen molar-refractivity contribution in [1.82, 2.24) is 0 Å². The number of benzene rings is 2. The van der Waals surface area contributed by atoms with Gasteiger partial charge in [0, 0.05) is 17.7 Å². The number of aromatic hydroxyl groups is 3. The first kappa shape index (κ1) is 20.0. The minimum absolute atomic E-state index is 0.0106. The van der Waals surface area contributed by atoms with Crippen molar-refractivity contribution in [2.45, 2.75) is 24.6 Å². The second-order valence-electron chi connectivity index (χ2n) is 6.84. The number of fused-ring (bicyclic) bond motifs is 1. The molecule has 0 aliphatic carbocycles. The molecule has 4 atom stereocenters. The second-order valence-corrected chi connectivity index (χ2v) is 6.84. The molecule has 10 nitrogen and oxygen atoms in total. The fraction of sp³-hybridized carbons (Fsp3) is 0.250. The summed E-state index contributed by atoms with van der Waals surface area (Å²) < 4.78 is 16.1. The fourth-order valence-corrected chi connectivity index (χ4v) is 3.15. The molecule has 0 radical (unpaired) electrons. The molecule has 1 fully saturated rings. The topological polar surface area (TPSA) is 170 Å². The molecule has 10 heteroatoms. The minimum atomic E-state index is -1.64. The first-order valence-electron chi connectivity index (χ1n) is 8.91. The van der Waals surface area contributed by atoms with E-state index in [2.05, 4.69) is 0 Å². The van der Waals surface area contributed by atoms with Gasteiger partial charge in [-0.15, -0.1) is 0 Å². The van der Waals surface area contributed by atoms with Crippen molar-refractivity contribution in [2.75, 3.05) is 6.61 Å². The molecule has 0 spiro atoms. The van der Waals surface area contributed by atoms with E-state index in [1.165, 1.54) is 24.3 Å². The summed E-state index contributed by atoms with van der Waals surface area (Å²) in [4.78, 5) is 12.5. The molecule has 2 aromatic carbocycles. The largest absolute Gasteiger partial charge is 0.508 e. The molecular formula is C20H18O10. The normalized spacial score (nSPS) is 24.1. The molecule has 158 valence electrons. The minimum Gasteiger partial charge on any atom is -0.508 e. The monoisotopic (exact) mass is 418 g/mol. The van der Waals surface area contributed by atoms with Crippen LogP contribution in [0.15, 0.2) is 45.6 Å². The summed E-state index contributed by atoms with van der Waals surface area (Å²) in [5, 5.41) is 59.3. The highest BCUT2D eigenvalue weighted by molar-refractivity contribution is 5.91. The number of hydrogen-bond donors (Lipinski definition) is 6. The highest BCUT2D eigenvalue weighted by Crippen LogP contribution is 2.41. The lowest BCUT2D eigenvalue weighted by atomic mass is 10.1. The lowest BCUT2D eigenvalue weighted by Gasteiger charge is -2.35. The molecule has 0 bridgehead atoms. The average Bonchev–Trinajstić information content (AvgIpc) is 2.72. The summed E-state index contributed by atoms with van der Waals surface area (Å²) in [7, 11) is 0. The van der Waals surface area contributed by atoms with Gasteiger partial charge in [-0.05, 0) is 24.3 Å². The van der Waals surface area contributed by atoms with E-state index in [0.29, 0.717) is 5.56 Å². The van der Waals surface area contributed by atoms with Gasteiger partial charge in [-0.2, -0.15) is 0 Å².